The molecule has 0 amide bonds. The molecule has 1 aliphatic heterocycles. The molecule has 0 bridgehead atoms. The van der Waals surface area contributed by atoms with Crippen molar-refractivity contribution >= 4 is 17.6 Å². The van der Waals surface area contributed by atoms with Crippen LogP contribution >= 0.6 is 0 Å². The van der Waals surface area contributed by atoms with Gasteiger partial charge in [-0.1, -0.05) is 13.3 Å². The van der Waals surface area contributed by atoms with E-state index in [1.54, 1.807) is 35.5 Å². The summed E-state index contributed by atoms with van der Waals surface area (Å²) >= 11 is 0. The van der Waals surface area contributed by atoms with E-state index in [1.165, 1.54) is 0 Å². The van der Waals surface area contributed by atoms with E-state index >= 15 is 0 Å². The number of unbranched alkanes of at least 4 members (excludes halogenated alkanes) is 1. The molecule has 1 heterocycles. The van der Waals surface area contributed by atoms with Crippen LogP contribution in [0.15, 0.2) is 0 Å². The van der Waals surface area contributed by atoms with Crippen molar-refractivity contribution in [1.82, 2.24) is 4.90 Å². The van der Waals surface area contributed by atoms with Crippen LogP contribution < -0.4 is 0 Å². The summed E-state index contributed by atoms with van der Waals surface area (Å²) in [6, 6.07) is 1.61. The average molecular weight is 440 g/mol. The second kappa shape index (κ2) is 14.2. The van der Waals surface area contributed by atoms with Gasteiger partial charge < -0.3 is 36.2 Å². The highest BCUT2D eigenvalue weighted by molar-refractivity contribution is 6.61. The zero-order valence-corrected chi connectivity index (χ0v) is 20.7. The molecule has 1 aliphatic rings. The van der Waals surface area contributed by atoms with Gasteiger partial charge in [-0.3, -0.25) is 0 Å². The molecule has 1 atom stereocenters. The Balaban J connectivity index is 2.64. The molecule has 8 nitrogen and oxygen atoms in total. The number of rotatable bonds is 14. The predicted octanol–water partition coefficient (Wildman–Crippen LogP) is 2.39. The molecule has 0 aromatic heterocycles. The second-order valence-corrected chi connectivity index (χ2v) is 13.1. The summed E-state index contributed by atoms with van der Waals surface area (Å²) in [5.41, 5.74) is 0. The molecule has 10 heteroatoms. The van der Waals surface area contributed by atoms with E-state index in [0.717, 1.165) is 64.0 Å². The average Bonchev–Trinajstić information content (AvgIpc) is 2.71. The molecule has 1 rings (SSSR count). The van der Waals surface area contributed by atoms with Gasteiger partial charge in [0.2, 0.25) is 0 Å². The first-order valence-corrected chi connectivity index (χ1v) is 14.1. The van der Waals surface area contributed by atoms with Gasteiger partial charge in [-0.15, -0.1) is 0 Å². The topological polar surface area (TPSA) is 67.9 Å². The first-order chi connectivity index (χ1) is 13.5. The number of ether oxygens (including phenoxy) is 1. The Morgan fingerprint density at radius 3 is 2.29 bits per heavy atom. The Hall–Kier alpha value is 0.114. The molecule has 0 radical (unpaired) electrons. The van der Waals surface area contributed by atoms with Crippen LogP contribution in [0.2, 0.25) is 12.1 Å². The summed E-state index contributed by atoms with van der Waals surface area (Å²) in [6.07, 6.45) is 4.06. The number of hydrogen-bond donors (Lipinski definition) is 0. The van der Waals surface area contributed by atoms with Crippen molar-refractivity contribution in [3.05, 3.63) is 0 Å². The molecule has 168 valence electrons. The van der Waals surface area contributed by atoms with Gasteiger partial charge in [-0.2, -0.15) is 0 Å². The molecular formula is C18H41NO7Si2. The van der Waals surface area contributed by atoms with Crippen molar-refractivity contribution in [2.24, 2.45) is 0 Å². The van der Waals surface area contributed by atoms with Gasteiger partial charge in [-0.05, 0) is 32.4 Å². The van der Waals surface area contributed by atoms with E-state index < -0.39 is 17.6 Å². The van der Waals surface area contributed by atoms with Crippen LogP contribution in [-0.2, 0) is 31.3 Å². The van der Waals surface area contributed by atoms with E-state index in [1.807, 2.05) is 0 Å². The van der Waals surface area contributed by atoms with E-state index in [0.29, 0.717) is 6.61 Å². The fraction of sp³-hybridized carbons (Fsp3) is 1.00. The third kappa shape index (κ3) is 8.46. The van der Waals surface area contributed by atoms with E-state index in [-0.39, 0.29) is 6.10 Å². The molecule has 28 heavy (non-hydrogen) atoms. The summed E-state index contributed by atoms with van der Waals surface area (Å²) in [7, 11) is 3.22. The third-order valence-electron chi connectivity index (χ3n) is 5.22. The Morgan fingerprint density at radius 1 is 1.04 bits per heavy atom. The highest BCUT2D eigenvalue weighted by Gasteiger charge is 2.43. The van der Waals surface area contributed by atoms with Gasteiger partial charge in [0.1, 0.15) is 0 Å². The van der Waals surface area contributed by atoms with Crippen LogP contribution in [0.5, 0.6) is 0 Å². The summed E-state index contributed by atoms with van der Waals surface area (Å²) in [6.45, 7) is 6.20. The van der Waals surface area contributed by atoms with E-state index in [9.17, 15) is 0 Å². The largest absolute Gasteiger partial charge is 0.500 e. The van der Waals surface area contributed by atoms with Crippen LogP contribution in [0.4, 0.5) is 0 Å². The molecular weight excluding hydrogens is 398 g/mol. The zero-order valence-electron chi connectivity index (χ0n) is 18.7. The Bertz CT molecular complexity index is 390. The van der Waals surface area contributed by atoms with Gasteiger partial charge >= 0.3 is 17.6 Å². The molecule has 0 aromatic carbocycles. The minimum atomic E-state index is -2.61. The molecule has 1 saturated heterocycles. The summed E-state index contributed by atoms with van der Waals surface area (Å²) in [5, 5.41) is 0. The van der Waals surface area contributed by atoms with Crippen molar-refractivity contribution in [2.45, 2.75) is 50.8 Å². The Labute approximate surface area is 173 Å². The smallest absolute Gasteiger partial charge is 0.379 e. The maximum atomic E-state index is 6.36. The molecule has 0 aliphatic carbocycles. The minimum absolute atomic E-state index is 0.0574. The maximum Gasteiger partial charge on any atom is 0.500 e. The normalized spacial score (nSPS) is 21.4. The first kappa shape index (κ1) is 26.1. The highest BCUT2D eigenvalue weighted by atomic mass is 28.4. The second-order valence-electron chi connectivity index (χ2n) is 7.06. The van der Waals surface area contributed by atoms with Crippen LogP contribution in [0.1, 0.15) is 32.6 Å². The fourth-order valence-electron chi connectivity index (χ4n) is 3.46. The van der Waals surface area contributed by atoms with Crippen LogP contribution in [-0.4, -0.2) is 97.0 Å². The van der Waals surface area contributed by atoms with Crippen molar-refractivity contribution in [3.63, 3.8) is 0 Å². The standard InChI is InChI=1S/C18H41NO7Si2/c1-7-8-13-25-17-18-16-19(11-9-14-27(20-2,21-3)22-4)12-10-15-28(23-5,24-6)26-18/h18H,7-17H2,1-6H3. The van der Waals surface area contributed by atoms with Crippen molar-refractivity contribution in [3.8, 4) is 0 Å². The SMILES string of the molecule is CCCCOCC1CN(CCC[Si](OC)(OC)OC)CCC[Si](OC)(OC)O1. The van der Waals surface area contributed by atoms with Crippen LogP contribution in [0.3, 0.4) is 0 Å². The van der Waals surface area contributed by atoms with Crippen LogP contribution in [0, 0.1) is 0 Å². The zero-order chi connectivity index (χ0) is 20.9. The number of hydrogen-bond acceptors (Lipinski definition) is 8. The quantitative estimate of drug-likeness (QED) is 0.302. The summed E-state index contributed by atoms with van der Waals surface area (Å²) in [5.74, 6) is 0. The number of nitrogens with zero attached hydrogens (tertiary/aromatic N) is 1. The van der Waals surface area contributed by atoms with Crippen molar-refractivity contribution in [2.75, 3.05) is 68.4 Å². The lowest BCUT2D eigenvalue weighted by molar-refractivity contribution is -0.0221. The monoisotopic (exact) mass is 439 g/mol. The lowest BCUT2D eigenvalue weighted by atomic mass is 10.3. The molecule has 0 saturated carbocycles. The van der Waals surface area contributed by atoms with Gasteiger partial charge in [0.25, 0.3) is 0 Å². The molecule has 0 N–H and O–H groups in total. The molecule has 1 fully saturated rings. The first-order valence-electron chi connectivity index (χ1n) is 10.3. The molecule has 1 unspecified atom stereocenters. The van der Waals surface area contributed by atoms with E-state index in [2.05, 4.69) is 11.8 Å². The summed E-state index contributed by atoms with van der Waals surface area (Å²) in [4.78, 5) is 2.43. The van der Waals surface area contributed by atoms with Crippen molar-refractivity contribution < 1.29 is 31.3 Å². The van der Waals surface area contributed by atoms with Crippen LogP contribution in [0.25, 0.3) is 0 Å². The minimum Gasteiger partial charge on any atom is -0.379 e. The van der Waals surface area contributed by atoms with Gasteiger partial charge in [0.05, 0.1) is 12.7 Å². The third-order valence-corrected chi connectivity index (χ3v) is 11.0. The molecule has 0 spiro atoms. The maximum absolute atomic E-state index is 6.36. The van der Waals surface area contributed by atoms with Gasteiger partial charge in [0.15, 0.2) is 0 Å². The lowest BCUT2D eigenvalue weighted by Gasteiger charge is -2.37. The van der Waals surface area contributed by atoms with Crippen molar-refractivity contribution in [1.29, 1.82) is 0 Å². The Kier molecular flexibility index (Phi) is 13.2. The fourth-order valence-corrected chi connectivity index (χ4v) is 7.29. The van der Waals surface area contributed by atoms with Gasteiger partial charge in [0, 0.05) is 60.8 Å². The predicted molar refractivity (Wildman–Crippen MR) is 112 cm³/mol. The highest BCUT2D eigenvalue weighted by Crippen LogP contribution is 2.23. The van der Waals surface area contributed by atoms with Gasteiger partial charge in [-0.25, -0.2) is 0 Å². The Morgan fingerprint density at radius 2 is 1.71 bits per heavy atom. The lowest BCUT2D eigenvalue weighted by Crippen LogP contribution is -2.53. The summed E-state index contributed by atoms with van der Waals surface area (Å²) < 4.78 is 40.2. The van der Waals surface area contributed by atoms with E-state index in [4.69, 9.17) is 31.3 Å². The molecule has 0 aromatic rings.